The first-order valence-electron chi connectivity index (χ1n) is 7.22. The summed E-state index contributed by atoms with van der Waals surface area (Å²) in [7, 11) is 0. The Morgan fingerprint density at radius 1 is 1.10 bits per heavy atom. The Morgan fingerprint density at radius 2 is 1.80 bits per heavy atom. The third-order valence-electron chi connectivity index (χ3n) is 4.34. The van der Waals surface area contributed by atoms with Gasteiger partial charge in [-0.3, -0.25) is 4.79 Å². The molecule has 1 fully saturated rings. The molecule has 104 valence electrons. The zero-order valence-electron chi connectivity index (χ0n) is 11.5. The van der Waals surface area contributed by atoms with Crippen LogP contribution in [0.1, 0.15) is 18.4 Å². The summed E-state index contributed by atoms with van der Waals surface area (Å²) in [5.74, 6) is 0. The van der Waals surface area contributed by atoms with E-state index in [-0.39, 0.29) is 4.65 Å². The average molecular weight is 269 g/mol. The third kappa shape index (κ3) is 2.47. The Labute approximate surface area is 119 Å². The van der Waals surface area contributed by atoms with Crippen LogP contribution in [0.5, 0.6) is 0 Å². The lowest BCUT2D eigenvalue weighted by molar-refractivity contribution is -0.883. The standard InChI is InChI=1S/C17H19NO2/c19-13-17(18(20)9-3-4-10-18)12-14-7-8-15-5-1-2-6-16(15)11-14/h1-2,5-8,11,13,17H,3-4,9-10,12H2/t17-/m1/s1. The molecule has 1 heterocycles. The lowest BCUT2D eigenvalue weighted by Crippen LogP contribution is -2.50. The quantitative estimate of drug-likeness (QED) is 0.486. The van der Waals surface area contributed by atoms with Crippen LogP contribution < -0.4 is 0 Å². The minimum atomic E-state index is -0.460. The molecule has 0 N–H and O–H groups in total. The van der Waals surface area contributed by atoms with Crippen LogP contribution in [0.15, 0.2) is 42.5 Å². The summed E-state index contributed by atoms with van der Waals surface area (Å²) >= 11 is 0. The molecule has 3 heteroatoms. The molecule has 0 amide bonds. The number of hydrogen-bond acceptors (Lipinski definition) is 2. The van der Waals surface area contributed by atoms with Gasteiger partial charge in [0.05, 0.1) is 13.1 Å². The van der Waals surface area contributed by atoms with Gasteiger partial charge in [0, 0.05) is 19.3 Å². The molecule has 3 rings (SSSR count). The first kappa shape index (κ1) is 13.3. The zero-order valence-corrected chi connectivity index (χ0v) is 11.5. The molecule has 0 aliphatic carbocycles. The first-order chi connectivity index (χ1) is 9.71. The number of carbonyl (C=O) groups excluding carboxylic acids is 1. The summed E-state index contributed by atoms with van der Waals surface area (Å²) in [5.41, 5.74) is 1.07. The van der Waals surface area contributed by atoms with Gasteiger partial charge in [-0.1, -0.05) is 42.5 Å². The van der Waals surface area contributed by atoms with Gasteiger partial charge in [0.15, 0.2) is 6.29 Å². The summed E-state index contributed by atoms with van der Waals surface area (Å²) in [6.45, 7) is 1.16. The van der Waals surface area contributed by atoms with Crippen molar-refractivity contribution in [1.29, 1.82) is 0 Å². The first-order valence-corrected chi connectivity index (χ1v) is 7.22. The lowest BCUT2D eigenvalue weighted by Gasteiger charge is -2.43. The van der Waals surface area contributed by atoms with Crippen molar-refractivity contribution in [2.45, 2.75) is 25.3 Å². The number of hydrogen-bond donors (Lipinski definition) is 0. The van der Waals surface area contributed by atoms with Gasteiger partial charge in [0.1, 0.15) is 6.04 Å². The number of benzene rings is 2. The van der Waals surface area contributed by atoms with Gasteiger partial charge in [-0.2, -0.15) is 0 Å². The van der Waals surface area contributed by atoms with Gasteiger partial charge in [-0.05, 0) is 16.3 Å². The molecule has 0 aromatic heterocycles. The monoisotopic (exact) mass is 269 g/mol. The van der Waals surface area contributed by atoms with Crippen LogP contribution in [0, 0.1) is 5.21 Å². The number of aldehydes is 1. The van der Waals surface area contributed by atoms with Gasteiger partial charge in [-0.15, -0.1) is 0 Å². The Bertz CT molecular complexity index is 617. The average Bonchev–Trinajstić information content (AvgIpc) is 2.92. The Hall–Kier alpha value is -1.71. The van der Waals surface area contributed by atoms with E-state index >= 15 is 0 Å². The maximum atomic E-state index is 12.6. The normalized spacial score (nSPS) is 19.1. The van der Waals surface area contributed by atoms with Crippen molar-refractivity contribution in [2.24, 2.45) is 0 Å². The number of rotatable bonds is 4. The fraction of sp³-hybridized carbons (Fsp3) is 0.353. The fourth-order valence-electron chi connectivity index (χ4n) is 3.13. The predicted molar refractivity (Wildman–Crippen MR) is 80.1 cm³/mol. The van der Waals surface area contributed by atoms with Crippen molar-refractivity contribution in [3.63, 3.8) is 0 Å². The van der Waals surface area contributed by atoms with E-state index in [1.165, 1.54) is 5.39 Å². The number of quaternary nitrogens is 1. The molecule has 0 saturated carbocycles. The number of fused-ring (bicyclic) bond motifs is 1. The van der Waals surface area contributed by atoms with Gasteiger partial charge in [-0.25, -0.2) is 0 Å². The second kappa shape index (κ2) is 5.35. The molecule has 0 unspecified atom stereocenters. The summed E-state index contributed by atoms with van der Waals surface area (Å²) in [5, 5.41) is 15.0. The molecule has 2 aromatic carbocycles. The maximum Gasteiger partial charge on any atom is 0.177 e. The van der Waals surface area contributed by atoms with E-state index in [4.69, 9.17) is 0 Å². The zero-order chi connectivity index (χ0) is 14.0. The van der Waals surface area contributed by atoms with Crippen molar-refractivity contribution in [3.05, 3.63) is 53.2 Å². The highest BCUT2D eigenvalue weighted by molar-refractivity contribution is 5.83. The number of hydroxylamine groups is 3. The van der Waals surface area contributed by atoms with E-state index < -0.39 is 6.04 Å². The molecule has 1 aliphatic rings. The molecular weight excluding hydrogens is 250 g/mol. The molecule has 1 aliphatic heterocycles. The Kier molecular flexibility index (Phi) is 3.55. The summed E-state index contributed by atoms with van der Waals surface area (Å²) in [6, 6.07) is 13.9. The van der Waals surface area contributed by atoms with E-state index in [0.29, 0.717) is 19.5 Å². The molecule has 2 aromatic rings. The molecule has 1 atom stereocenters. The molecule has 1 saturated heterocycles. The molecule has 0 bridgehead atoms. The highest BCUT2D eigenvalue weighted by atomic mass is 16.5. The van der Waals surface area contributed by atoms with Crippen molar-refractivity contribution in [3.8, 4) is 0 Å². The van der Waals surface area contributed by atoms with Crippen LogP contribution in [0.25, 0.3) is 10.8 Å². The summed E-state index contributed by atoms with van der Waals surface area (Å²) in [6.07, 6.45) is 3.27. The Balaban J connectivity index is 1.85. The molecule has 0 spiro atoms. The van der Waals surface area contributed by atoms with E-state index in [9.17, 15) is 10.0 Å². The van der Waals surface area contributed by atoms with E-state index in [1.807, 2.05) is 18.2 Å². The second-order valence-corrected chi connectivity index (χ2v) is 5.70. The Morgan fingerprint density at radius 3 is 2.50 bits per heavy atom. The van der Waals surface area contributed by atoms with Gasteiger partial charge in [0.25, 0.3) is 0 Å². The smallest absolute Gasteiger partial charge is 0.177 e. The predicted octanol–water partition coefficient (Wildman–Crippen LogP) is 3.06. The van der Waals surface area contributed by atoms with E-state index in [2.05, 4.69) is 24.3 Å². The summed E-state index contributed by atoms with van der Waals surface area (Å²) < 4.78 is -0.337. The SMILES string of the molecule is O=C[C@@H](Cc1ccc2ccccc2c1)[N+]1([O-])CCCC1. The van der Waals surface area contributed by atoms with Crippen LogP contribution in [0.4, 0.5) is 0 Å². The molecule has 20 heavy (non-hydrogen) atoms. The lowest BCUT2D eigenvalue weighted by atomic mass is 10.0. The van der Waals surface area contributed by atoms with Crippen molar-refractivity contribution in [1.82, 2.24) is 0 Å². The van der Waals surface area contributed by atoms with Crippen molar-refractivity contribution >= 4 is 17.1 Å². The number of carbonyl (C=O) groups is 1. The highest BCUT2D eigenvalue weighted by Crippen LogP contribution is 2.24. The topological polar surface area (TPSA) is 40.1 Å². The highest BCUT2D eigenvalue weighted by Gasteiger charge is 2.32. The summed E-state index contributed by atoms with van der Waals surface area (Å²) in [4.78, 5) is 11.3. The minimum Gasteiger partial charge on any atom is -0.632 e. The van der Waals surface area contributed by atoms with Crippen molar-refractivity contribution < 1.29 is 9.44 Å². The third-order valence-corrected chi connectivity index (χ3v) is 4.34. The second-order valence-electron chi connectivity index (χ2n) is 5.70. The molecular formula is C17H19NO2. The van der Waals surface area contributed by atoms with E-state index in [0.717, 1.165) is 30.1 Å². The maximum absolute atomic E-state index is 12.6. The molecule has 0 radical (unpaired) electrons. The van der Waals surface area contributed by atoms with Crippen molar-refractivity contribution in [2.75, 3.05) is 13.1 Å². The van der Waals surface area contributed by atoms with E-state index in [1.54, 1.807) is 0 Å². The number of nitrogens with zero attached hydrogens (tertiary/aromatic N) is 1. The van der Waals surface area contributed by atoms with Gasteiger partial charge in [0.2, 0.25) is 0 Å². The van der Waals surface area contributed by atoms with Gasteiger partial charge >= 0.3 is 0 Å². The fourth-order valence-corrected chi connectivity index (χ4v) is 3.13. The number of likely N-dealkylation sites (tertiary alicyclic amines) is 1. The molecule has 3 nitrogen and oxygen atoms in total. The van der Waals surface area contributed by atoms with Crippen LogP contribution in [0.3, 0.4) is 0 Å². The largest absolute Gasteiger partial charge is 0.632 e. The minimum absolute atomic E-state index is 0.337. The van der Waals surface area contributed by atoms with Crippen LogP contribution in [0.2, 0.25) is 0 Å². The van der Waals surface area contributed by atoms with Crippen LogP contribution >= 0.6 is 0 Å². The van der Waals surface area contributed by atoms with Gasteiger partial charge < -0.3 is 9.85 Å². The van der Waals surface area contributed by atoms with Crippen LogP contribution in [-0.4, -0.2) is 30.1 Å². The van der Waals surface area contributed by atoms with Crippen LogP contribution in [-0.2, 0) is 11.2 Å².